The number of rotatable bonds is 7. The van der Waals surface area contributed by atoms with Gasteiger partial charge in [-0.1, -0.05) is 41.9 Å². The molecule has 2 heterocycles. The topological polar surface area (TPSA) is 57.7 Å². The van der Waals surface area contributed by atoms with E-state index in [1.54, 1.807) is 30.3 Å². The summed E-state index contributed by atoms with van der Waals surface area (Å²) >= 11 is 7.70. The molecule has 0 radical (unpaired) electrons. The normalized spacial score (nSPS) is 12.9. The van der Waals surface area contributed by atoms with Crippen molar-refractivity contribution in [1.82, 2.24) is 4.90 Å². The van der Waals surface area contributed by atoms with Crippen molar-refractivity contribution in [3.8, 4) is 0 Å². The summed E-state index contributed by atoms with van der Waals surface area (Å²) in [5, 5.41) is 0.997. The lowest BCUT2D eigenvalue weighted by molar-refractivity contribution is 0.0651. The largest absolute Gasteiger partial charge is 0.305 e. The fourth-order valence-electron chi connectivity index (χ4n) is 4.29. The Hall–Kier alpha value is -3.62. The smallest absolute Gasteiger partial charge is 0.270 e. The van der Waals surface area contributed by atoms with E-state index in [4.69, 9.17) is 11.6 Å². The Kier molecular flexibility index (Phi) is 6.55. The van der Waals surface area contributed by atoms with Crippen molar-refractivity contribution in [2.45, 2.75) is 12.8 Å². The number of carbonyl (C=O) groups is 3. The lowest BCUT2D eigenvalue weighted by Gasteiger charge is -2.23. The summed E-state index contributed by atoms with van der Waals surface area (Å²) in [6.07, 6.45) is 0.747. The molecule has 0 unspecified atom stereocenters. The number of unbranched alkanes of at least 4 members (excludes halogenated alkanes) is 1. The summed E-state index contributed by atoms with van der Waals surface area (Å²) in [6, 6.07) is 16.9. The number of benzene rings is 3. The van der Waals surface area contributed by atoms with Crippen LogP contribution in [0.1, 0.15) is 43.2 Å². The van der Waals surface area contributed by atoms with E-state index in [9.17, 15) is 23.2 Å². The van der Waals surface area contributed by atoms with Crippen LogP contribution < -0.4 is 4.90 Å². The minimum Gasteiger partial charge on any atom is -0.305 e. The zero-order valence-electron chi connectivity index (χ0n) is 18.8. The third-order valence-electron chi connectivity index (χ3n) is 6.07. The number of thiophene rings is 1. The molecule has 9 heteroatoms. The van der Waals surface area contributed by atoms with E-state index < -0.39 is 17.5 Å². The van der Waals surface area contributed by atoms with E-state index in [-0.39, 0.29) is 40.5 Å². The van der Waals surface area contributed by atoms with Crippen molar-refractivity contribution in [3.05, 3.63) is 99.4 Å². The third-order valence-corrected chi connectivity index (χ3v) is 7.73. The van der Waals surface area contributed by atoms with Gasteiger partial charge < -0.3 is 4.90 Å². The number of halogens is 3. The van der Waals surface area contributed by atoms with Crippen LogP contribution in [0.4, 0.5) is 14.5 Å². The lowest BCUT2D eigenvalue weighted by atomic mass is 10.1. The van der Waals surface area contributed by atoms with Crippen LogP contribution in [0, 0.1) is 11.6 Å². The van der Waals surface area contributed by atoms with Crippen molar-refractivity contribution in [2.24, 2.45) is 0 Å². The number of hydrogen-bond donors (Lipinski definition) is 0. The predicted octanol–water partition coefficient (Wildman–Crippen LogP) is 6.56. The molecule has 3 amide bonds. The maximum atomic E-state index is 14.7. The first-order valence-electron chi connectivity index (χ1n) is 11.3. The summed E-state index contributed by atoms with van der Waals surface area (Å²) in [7, 11) is 0. The Bertz CT molecular complexity index is 1490. The average molecular weight is 525 g/mol. The van der Waals surface area contributed by atoms with E-state index in [2.05, 4.69) is 0 Å². The molecular weight excluding hydrogens is 506 g/mol. The fraction of sp³-hybridized carbons (Fsp3) is 0.148. The van der Waals surface area contributed by atoms with Gasteiger partial charge in [0.25, 0.3) is 17.7 Å². The fourth-order valence-corrected chi connectivity index (χ4v) is 5.75. The van der Waals surface area contributed by atoms with Crippen LogP contribution in [0.5, 0.6) is 0 Å². The summed E-state index contributed by atoms with van der Waals surface area (Å²) in [6.45, 7) is 0.235. The van der Waals surface area contributed by atoms with Gasteiger partial charge >= 0.3 is 0 Å². The number of amides is 3. The molecular formula is C27H19ClF2N2O3S. The molecule has 5 rings (SSSR count). The first-order chi connectivity index (χ1) is 17.4. The standard InChI is InChI=1S/C27H19ClF2N2O3S/c28-23-19-9-3-4-10-22(19)36-24(23)27(35)31(21-12-11-16(29)15-20(21)30)13-5-6-14-32-25(33)17-7-1-2-8-18(17)26(32)34/h1-4,7-12,15H,5-6,13-14H2. The van der Waals surface area contributed by atoms with Crippen molar-refractivity contribution < 1.29 is 23.2 Å². The summed E-state index contributed by atoms with van der Waals surface area (Å²) in [5.74, 6) is -2.85. The second-order valence-corrected chi connectivity index (χ2v) is 9.74. The summed E-state index contributed by atoms with van der Waals surface area (Å²) in [4.78, 5) is 41.4. The minimum atomic E-state index is -0.874. The maximum absolute atomic E-state index is 14.7. The van der Waals surface area contributed by atoms with Crippen LogP contribution in [0.3, 0.4) is 0 Å². The van der Waals surface area contributed by atoms with Gasteiger partial charge in [-0.2, -0.15) is 0 Å². The lowest BCUT2D eigenvalue weighted by Crippen LogP contribution is -2.34. The number of imide groups is 1. The van der Waals surface area contributed by atoms with Crippen molar-refractivity contribution in [1.29, 1.82) is 0 Å². The first-order valence-corrected chi connectivity index (χ1v) is 12.5. The molecule has 0 bridgehead atoms. The molecule has 0 atom stereocenters. The molecule has 0 N–H and O–H groups in total. The SMILES string of the molecule is O=C1c2ccccc2C(=O)N1CCCCN(C(=O)c1sc2ccccc2c1Cl)c1ccc(F)cc1F. The second kappa shape index (κ2) is 9.79. The Labute approximate surface area is 214 Å². The van der Waals surface area contributed by atoms with Crippen molar-refractivity contribution in [2.75, 3.05) is 18.0 Å². The van der Waals surface area contributed by atoms with Gasteiger partial charge in [0.2, 0.25) is 0 Å². The van der Waals surface area contributed by atoms with E-state index in [1.165, 1.54) is 27.2 Å². The Morgan fingerprint density at radius 1 is 0.917 bits per heavy atom. The highest BCUT2D eigenvalue weighted by molar-refractivity contribution is 7.21. The number of nitrogens with zero attached hydrogens (tertiary/aromatic N) is 2. The van der Waals surface area contributed by atoms with Gasteiger partial charge in [0, 0.05) is 29.2 Å². The number of carbonyl (C=O) groups excluding carboxylic acids is 3. The van der Waals surface area contributed by atoms with Crippen LogP contribution in [-0.2, 0) is 0 Å². The molecule has 3 aromatic carbocycles. The van der Waals surface area contributed by atoms with Gasteiger partial charge in [-0.25, -0.2) is 8.78 Å². The van der Waals surface area contributed by atoms with Crippen LogP contribution in [0.15, 0.2) is 66.7 Å². The number of fused-ring (bicyclic) bond motifs is 2. The molecule has 5 nitrogen and oxygen atoms in total. The molecule has 182 valence electrons. The summed E-state index contributed by atoms with van der Waals surface area (Å²) < 4.78 is 29.1. The minimum absolute atomic E-state index is 0.0735. The molecule has 36 heavy (non-hydrogen) atoms. The molecule has 1 aliphatic rings. The van der Waals surface area contributed by atoms with Crippen LogP contribution >= 0.6 is 22.9 Å². The molecule has 4 aromatic rings. The van der Waals surface area contributed by atoms with Crippen LogP contribution in [0.25, 0.3) is 10.1 Å². The van der Waals surface area contributed by atoms with Gasteiger partial charge in [-0.05, 0) is 43.2 Å². The van der Waals surface area contributed by atoms with E-state index in [0.29, 0.717) is 24.0 Å². The molecule has 0 saturated heterocycles. The highest BCUT2D eigenvalue weighted by Crippen LogP contribution is 2.37. The van der Waals surface area contributed by atoms with Gasteiger partial charge in [0.05, 0.1) is 21.8 Å². The van der Waals surface area contributed by atoms with Crippen molar-refractivity contribution in [3.63, 3.8) is 0 Å². The molecule has 1 aliphatic heterocycles. The Morgan fingerprint density at radius 3 is 2.25 bits per heavy atom. The zero-order valence-corrected chi connectivity index (χ0v) is 20.4. The molecule has 0 saturated carbocycles. The maximum Gasteiger partial charge on any atom is 0.270 e. The molecule has 0 spiro atoms. The van der Waals surface area contributed by atoms with E-state index in [1.807, 2.05) is 18.2 Å². The molecule has 1 aromatic heterocycles. The predicted molar refractivity (Wildman–Crippen MR) is 136 cm³/mol. The van der Waals surface area contributed by atoms with Gasteiger partial charge in [-0.3, -0.25) is 19.3 Å². The van der Waals surface area contributed by atoms with Crippen LogP contribution in [-0.4, -0.2) is 35.7 Å². The highest BCUT2D eigenvalue weighted by atomic mass is 35.5. The second-order valence-electron chi connectivity index (χ2n) is 8.31. The van der Waals surface area contributed by atoms with E-state index in [0.717, 1.165) is 22.2 Å². The monoisotopic (exact) mass is 524 g/mol. The van der Waals surface area contributed by atoms with Gasteiger partial charge in [0.15, 0.2) is 0 Å². The van der Waals surface area contributed by atoms with Gasteiger partial charge in [-0.15, -0.1) is 11.3 Å². The Morgan fingerprint density at radius 2 is 1.58 bits per heavy atom. The summed E-state index contributed by atoms with van der Waals surface area (Å²) in [5.41, 5.74) is 0.662. The average Bonchev–Trinajstić information content (AvgIpc) is 3.34. The number of hydrogen-bond acceptors (Lipinski definition) is 4. The van der Waals surface area contributed by atoms with Gasteiger partial charge in [0.1, 0.15) is 16.5 Å². The quantitative estimate of drug-likeness (QED) is 0.203. The molecule has 0 fully saturated rings. The number of anilines is 1. The van der Waals surface area contributed by atoms with Crippen LogP contribution in [0.2, 0.25) is 5.02 Å². The third kappa shape index (κ3) is 4.27. The zero-order chi connectivity index (χ0) is 25.4. The molecule has 0 aliphatic carbocycles. The van der Waals surface area contributed by atoms with E-state index >= 15 is 0 Å². The first kappa shape index (κ1) is 24.1. The highest BCUT2D eigenvalue weighted by Gasteiger charge is 2.34. The Balaban J connectivity index is 1.35. The van der Waals surface area contributed by atoms with Crippen molar-refractivity contribution >= 4 is 56.4 Å².